The lowest BCUT2D eigenvalue weighted by Gasteiger charge is -2.03. The van der Waals surface area contributed by atoms with Gasteiger partial charge in [0.1, 0.15) is 11.3 Å². The third-order valence-electron chi connectivity index (χ3n) is 3.38. The van der Waals surface area contributed by atoms with Gasteiger partial charge in [0.2, 0.25) is 10.0 Å². The molecule has 21 heavy (non-hydrogen) atoms. The van der Waals surface area contributed by atoms with Crippen LogP contribution < -0.4 is 10.0 Å². The van der Waals surface area contributed by atoms with Crippen LogP contribution in [0.5, 0.6) is 0 Å². The second kappa shape index (κ2) is 6.60. The highest BCUT2D eigenvalue weighted by molar-refractivity contribution is 7.88. The zero-order valence-corrected chi connectivity index (χ0v) is 13.5. The number of rotatable bonds is 7. The van der Waals surface area contributed by atoms with Gasteiger partial charge in [-0.2, -0.15) is 0 Å². The lowest BCUT2D eigenvalue weighted by atomic mass is 10.1. The van der Waals surface area contributed by atoms with Crippen molar-refractivity contribution in [2.45, 2.75) is 26.8 Å². The normalized spacial score (nSPS) is 12.1. The summed E-state index contributed by atoms with van der Waals surface area (Å²) in [4.78, 5) is 0. The molecule has 0 radical (unpaired) electrons. The Kier molecular flexibility index (Phi) is 5.03. The van der Waals surface area contributed by atoms with Gasteiger partial charge < -0.3 is 9.73 Å². The Morgan fingerprint density at radius 2 is 1.81 bits per heavy atom. The average molecular weight is 310 g/mol. The van der Waals surface area contributed by atoms with Gasteiger partial charge in [-0.15, -0.1) is 0 Å². The molecule has 1 aromatic heterocycles. The topological polar surface area (TPSA) is 71.3 Å². The highest BCUT2D eigenvalue weighted by Gasteiger charge is 2.05. The number of benzene rings is 1. The molecule has 0 spiro atoms. The third-order valence-corrected chi connectivity index (χ3v) is 4.11. The van der Waals surface area contributed by atoms with E-state index in [1.165, 1.54) is 17.4 Å². The first kappa shape index (κ1) is 16.0. The minimum absolute atomic E-state index is 0.449. The minimum Gasteiger partial charge on any atom is -0.460 e. The molecule has 0 fully saturated rings. The molecule has 0 saturated heterocycles. The fraction of sp³-hybridized carbons (Fsp3) is 0.467. The SMILES string of the molecule is Cc1cc2cc(CNCCCNS(C)(=O)=O)oc2cc1C. The van der Waals surface area contributed by atoms with Crippen molar-refractivity contribution in [2.24, 2.45) is 0 Å². The van der Waals surface area contributed by atoms with Crippen LogP contribution in [0.15, 0.2) is 22.6 Å². The molecule has 0 bridgehead atoms. The first-order valence-corrected chi connectivity index (χ1v) is 8.89. The Morgan fingerprint density at radius 3 is 2.52 bits per heavy atom. The van der Waals surface area contributed by atoms with Gasteiger partial charge in [0.25, 0.3) is 0 Å². The Bertz CT molecular complexity index is 681. The van der Waals surface area contributed by atoms with E-state index < -0.39 is 10.0 Å². The van der Waals surface area contributed by atoms with Crippen LogP contribution in [0.1, 0.15) is 23.3 Å². The summed E-state index contributed by atoms with van der Waals surface area (Å²) in [5, 5.41) is 4.37. The molecule has 0 aliphatic heterocycles. The maximum absolute atomic E-state index is 10.9. The number of furan rings is 1. The summed E-state index contributed by atoms with van der Waals surface area (Å²) in [6.45, 7) is 5.99. The molecule has 2 aromatic rings. The quantitative estimate of drug-likeness (QED) is 0.768. The van der Waals surface area contributed by atoms with E-state index in [-0.39, 0.29) is 0 Å². The van der Waals surface area contributed by atoms with Crippen LogP contribution in [0.2, 0.25) is 0 Å². The lowest BCUT2D eigenvalue weighted by Crippen LogP contribution is -2.26. The van der Waals surface area contributed by atoms with Crippen LogP contribution in [0, 0.1) is 13.8 Å². The standard InChI is InChI=1S/C15H22N2O3S/c1-11-7-13-9-14(20-15(13)8-12(11)2)10-16-5-4-6-17-21(3,18)19/h7-9,16-17H,4-6,10H2,1-3H3. The van der Waals surface area contributed by atoms with Gasteiger partial charge in [-0.3, -0.25) is 0 Å². The maximum Gasteiger partial charge on any atom is 0.208 e. The van der Waals surface area contributed by atoms with E-state index in [4.69, 9.17) is 4.42 Å². The van der Waals surface area contributed by atoms with Crippen molar-refractivity contribution in [1.82, 2.24) is 10.0 Å². The summed E-state index contributed by atoms with van der Waals surface area (Å²) in [6, 6.07) is 6.24. The number of aryl methyl sites for hydroxylation is 2. The Morgan fingerprint density at radius 1 is 1.10 bits per heavy atom. The largest absolute Gasteiger partial charge is 0.460 e. The maximum atomic E-state index is 10.9. The molecular formula is C15H22N2O3S. The number of hydrogen-bond acceptors (Lipinski definition) is 4. The highest BCUT2D eigenvalue weighted by atomic mass is 32.2. The molecule has 0 aliphatic rings. The zero-order chi connectivity index (χ0) is 15.5. The van der Waals surface area contributed by atoms with E-state index in [1.54, 1.807) is 0 Å². The predicted octanol–water partition coefficient (Wildman–Crippen LogP) is 2.08. The van der Waals surface area contributed by atoms with Crippen molar-refractivity contribution >= 4 is 21.0 Å². The van der Waals surface area contributed by atoms with Crippen LogP contribution in [0.3, 0.4) is 0 Å². The fourth-order valence-electron chi connectivity index (χ4n) is 2.13. The second-order valence-electron chi connectivity index (χ2n) is 5.38. The van der Waals surface area contributed by atoms with Gasteiger partial charge in [-0.05, 0) is 56.1 Å². The van der Waals surface area contributed by atoms with E-state index in [1.807, 2.05) is 6.07 Å². The Labute approximate surface area is 125 Å². The molecule has 0 atom stereocenters. The molecule has 1 heterocycles. The molecule has 0 unspecified atom stereocenters. The third kappa shape index (κ3) is 4.84. The second-order valence-corrected chi connectivity index (χ2v) is 7.22. The zero-order valence-electron chi connectivity index (χ0n) is 12.7. The number of hydrogen-bond donors (Lipinski definition) is 2. The molecule has 5 nitrogen and oxygen atoms in total. The van der Waals surface area contributed by atoms with E-state index in [0.29, 0.717) is 13.1 Å². The van der Waals surface area contributed by atoms with E-state index >= 15 is 0 Å². The summed E-state index contributed by atoms with van der Waals surface area (Å²) in [7, 11) is -3.09. The van der Waals surface area contributed by atoms with Gasteiger partial charge in [0.05, 0.1) is 12.8 Å². The van der Waals surface area contributed by atoms with Crippen molar-refractivity contribution in [2.75, 3.05) is 19.3 Å². The van der Waals surface area contributed by atoms with Gasteiger partial charge >= 0.3 is 0 Å². The summed E-state index contributed by atoms with van der Waals surface area (Å²) >= 11 is 0. The van der Waals surface area contributed by atoms with Crippen LogP contribution in [0.25, 0.3) is 11.0 Å². The van der Waals surface area contributed by atoms with Gasteiger partial charge in [-0.25, -0.2) is 13.1 Å². The average Bonchev–Trinajstić information content (AvgIpc) is 2.75. The van der Waals surface area contributed by atoms with Crippen LogP contribution in [-0.2, 0) is 16.6 Å². The van der Waals surface area contributed by atoms with E-state index in [2.05, 4.69) is 36.0 Å². The predicted molar refractivity (Wildman–Crippen MR) is 84.9 cm³/mol. The molecule has 2 N–H and O–H groups in total. The highest BCUT2D eigenvalue weighted by Crippen LogP contribution is 2.23. The number of sulfonamides is 1. The molecule has 0 saturated carbocycles. The molecule has 1 aromatic carbocycles. The molecule has 2 rings (SSSR count). The fourth-order valence-corrected chi connectivity index (χ4v) is 2.64. The van der Waals surface area contributed by atoms with Crippen LogP contribution in [-0.4, -0.2) is 27.8 Å². The lowest BCUT2D eigenvalue weighted by molar-refractivity contribution is 0.509. The summed E-state index contributed by atoms with van der Waals surface area (Å²) in [5.41, 5.74) is 3.39. The number of fused-ring (bicyclic) bond motifs is 1. The van der Waals surface area contributed by atoms with E-state index in [0.717, 1.165) is 29.7 Å². The molecule has 0 aliphatic carbocycles. The summed E-state index contributed by atoms with van der Waals surface area (Å²) < 4.78 is 30.0. The molecule has 0 amide bonds. The smallest absolute Gasteiger partial charge is 0.208 e. The van der Waals surface area contributed by atoms with Crippen molar-refractivity contribution in [1.29, 1.82) is 0 Å². The summed E-state index contributed by atoms with van der Waals surface area (Å²) in [6.07, 6.45) is 1.91. The first-order valence-electron chi connectivity index (χ1n) is 7.00. The Hall–Kier alpha value is -1.37. The molecule has 116 valence electrons. The van der Waals surface area contributed by atoms with Crippen LogP contribution in [0.4, 0.5) is 0 Å². The van der Waals surface area contributed by atoms with E-state index in [9.17, 15) is 8.42 Å². The van der Waals surface area contributed by atoms with Gasteiger partial charge in [0, 0.05) is 11.9 Å². The van der Waals surface area contributed by atoms with Crippen LogP contribution >= 0.6 is 0 Å². The van der Waals surface area contributed by atoms with Crippen molar-refractivity contribution in [3.8, 4) is 0 Å². The molecule has 6 heteroatoms. The van der Waals surface area contributed by atoms with Crippen molar-refractivity contribution in [3.63, 3.8) is 0 Å². The minimum atomic E-state index is -3.09. The Balaban J connectivity index is 1.81. The first-order chi connectivity index (χ1) is 9.85. The number of nitrogens with one attached hydrogen (secondary N) is 2. The van der Waals surface area contributed by atoms with Gasteiger partial charge in [0.15, 0.2) is 0 Å². The monoisotopic (exact) mass is 310 g/mol. The van der Waals surface area contributed by atoms with Crippen molar-refractivity contribution < 1.29 is 12.8 Å². The van der Waals surface area contributed by atoms with Gasteiger partial charge in [-0.1, -0.05) is 0 Å². The molecular weight excluding hydrogens is 288 g/mol. The summed E-state index contributed by atoms with van der Waals surface area (Å²) in [5.74, 6) is 0.895. The van der Waals surface area contributed by atoms with Crippen molar-refractivity contribution in [3.05, 3.63) is 35.1 Å².